The second-order valence-corrected chi connectivity index (χ2v) is 5.25. The zero-order valence-electron chi connectivity index (χ0n) is 12.0. The molecule has 0 fully saturated rings. The molecule has 1 aromatic carbocycles. The smallest absolute Gasteiger partial charge is 0.0648 e. The summed E-state index contributed by atoms with van der Waals surface area (Å²) in [7, 11) is 2.04. The van der Waals surface area contributed by atoms with Gasteiger partial charge in [0.2, 0.25) is 0 Å². The summed E-state index contributed by atoms with van der Waals surface area (Å²) in [5.41, 5.74) is 2.40. The van der Waals surface area contributed by atoms with Crippen LogP contribution < -0.4 is 5.32 Å². The molecule has 102 valence electrons. The molecule has 0 aliphatic carbocycles. The van der Waals surface area contributed by atoms with E-state index in [4.69, 9.17) is 0 Å². The Labute approximate surface area is 115 Å². The van der Waals surface area contributed by atoms with Crippen LogP contribution in [0, 0.1) is 5.92 Å². The van der Waals surface area contributed by atoms with Gasteiger partial charge in [0, 0.05) is 17.9 Å². The molecule has 2 aromatic rings. The predicted octanol–water partition coefficient (Wildman–Crippen LogP) is 3.05. The summed E-state index contributed by atoms with van der Waals surface area (Å²) in [6, 6.07) is 13.0. The van der Waals surface area contributed by atoms with Crippen molar-refractivity contribution in [2.45, 2.75) is 32.7 Å². The van der Waals surface area contributed by atoms with Gasteiger partial charge in [-0.05, 0) is 44.0 Å². The number of hydrogen-bond acceptors (Lipinski definition) is 2. The van der Waals surface area contributed by atoms with Crippen molar-refractivity contribution < 1.29 is 0 Å². The summed E-state index contributed by atoms with van der Waals surface area (Å²) in [6.45, 7) is 4.52. The quantitative estimate of drug-likeness (QED) is 0.862. The minimum atomic E-state index is 0.555. The Balaban J connectivity index is 2.08. The summed E-state index contributed by atoms with van der Waals surface area (Å²) in [6.07, 6.45) is 4.05. The van der Waals surface area contributed by atoms with Gasteiger partial charge in [0.05, 0.1) is 5.69 Å². The molecule has 0 saturated carbocycles. The summed E-state index contributed by atoms with van der Waals surface area (Å²) in [4.78, 5) is 0. The summed E-state index contributed by atoms with van der Waals surface area (Å²) in [5, 5.41) is 7.82. The average Bonchev–Trinajstić information content (AvgIpc) is 2.88. The Kier molecular flexibility index (Phi) is 4.74. The van der Waals surface area contributed by atoms with E-state index in [-0.39, 0.29) is 0 Å². The lowest BCUT2D eigenvalue weighted by molar-refractivity contribution is 0.400. The lowest BCUT2D eigenvalue weighted by atomic mass is 9.98. The molecule has 0 spiro atoms. The first-order chi connectivity index (χ1) is 9.22. The van der Waals surface area contributed by atoms with Gasteiger partial charge in [-0.15, -0.1) is 0 Å². The van der Waals surface area contributed by atoms with Crippen molar-refractivity contribution in [2.75, 3.05) is 7.05 Å². The van der Waals surface area contributed by atoms with Crippen LogP contribution in [0.4, 0.5) is 0 Å². The third-order valence-corrected chi connectivity index (χ3v) is 3.61. The molecule has 0 radical (unpaired) electrons. The maximum Gasteiger partial charge on any atom is 0.0648 e. The molecular weight excluding hydrogens is 234 g/mol. The molecule has 19 heavy (non-hydrogen) atoms. The zero-order chi connectivity index (χ0) is 13.7. The minimum Gasteiger partial charge on any atom is -0.317 e. The van der Waals surface area contributed by atoms with Gasteiger partial charge in [-0.3, -0.25) is 0 Å². The van der Waals surface area contributed by atoms with Gasteiger partial charge in [0.1, 0.15) is 0 Å². The number of rotatable bonds is 6. The highest BCUT2D eigenvalue weighted by molar-refractivity contribution is 5.32. The van der Waals surface area contributed by atoms with E-state index in [0.29, 0.717) is 12.0 Å². The van der Waals surface area contributed by atoms with Gasteiger partial charge < -0.3 is 5.32 Å². The van der Waals surface area contributed by atoms with Crippen LogP contribution in [0.25, 0.3) is 5.69 Å². The lowest BCUT2D eigenvalue weighted by Gasteiger charge is -2.20. The first-order valence-electron chi connectivity index (χ1n) is 6.98. The van der Waals surface area contributed by atoms with Crippen LogP contribution in [0.3, 0.4) is 0 Å². The average molecular weight is 257 g/mol. The zero-order valence-corrected chi connectivity index (χ0v) is 12.0. The number of hydrogen-bond donors (Lipinski definition) is 1. The maximum atomic E-state index is 4.43. The van der Waals surface area contributed by atoms with Crippen LogP contribution >= 0.6 is 0 Å². The van der Waals surface area contributed by atoms with Gasteiger partial charge >= 0.3 is 0 Å². The normalized spacial score (nSPS) is 12.8. The molecular formula is C16H23N3. The van der Waals surface area contributed by atoms with Crippen molar-refractivity contribution in [1.29, 1.82) is 0 Å². The number of nitrogens with one attached hydrogen (secondary N) is 1. The van der Waals surface area contributed by atoms with E-state index in [0.717, 1.165) is 18.5 Å². The lowest BCUT2D eigenvalue weighted by Crippen LogP contribution is -2.31. The molecule has 1 atom stereocenters. The van der Waals surface area contributed by atoms with Gasteiger partial charge in [-0.25, -0.2) is 4.68 Å². The molecule has 1 aromatic heterocycles. The number of nitrogens with zero attached hydrogens (tertiary/aromatic N) is 2. The number of aromatic nitrogens is 2. The second kappa shape index (κ2) is 6.53. The van der Waals surface area contributed by atoms with Crippen LogP contribution in [0.1, 0.15) is 26.0 Å². The third kappa shape index (κ3) is 3.44. The Morgan fingerprint density at radius 1 is 1.16 bits per heavy atom. The van der Waals surface area contributed by atoms with Gasteiger partial charge in [-0.1, -0.05) is 32.0 Å². The van der Waals surface area contributed by atoms with E-state index in [1.54, 1.807) is 0 Å². The van der Waals surface area contributed by atoms with E-state index in [1.165, 1.54) is 5.69 Å². The highest BCUT2D eigenvalue weighted by Gasteiger charge is 2.12. The molecule has 2 rings (SSSR count). The van der Waals surface area contributed by atoms with Crippen molar-refractivity contribution in [3.05, 3.63) is 48.3 Å². The minimum absolute atomic E-state index is 0.555. The Morgan fingerprint density at radius 2 is 1.89 bits per heavy atom. The number of aryl methyl sites for hydroxylation is 1. The summed E-state index contributed by atoms with van der Waals surface area (Å²) in [5.74, 6) is 0.651. The molecule has 0 aliphatic rings. The monoisotopic (exact) mass is 257 g/mol. The van der Waals surface area contributed by atoms with Crippen LogP contribution in [0.5, 0.6) is 0 Å². The van der Waals surface area contributed by atoms with Crippen molar-refractivity contribution in [3.8, 4) is 5.69 Å². The van der Waals surface area contributed by atoms with Gasteiger partial charge in [0.25, 0.3) is 0 Å². The number of benzene rings is 1. The largest absolute Gasteiger partial charge is 0.317 e. The second-order valence-electron chi connectivity index (χ2n) is 5.25. The standard InChI is InChI=1S/C16H23N3/c1-13(2)16(17-3)10-9-15-11-12-18-19(15)14-7-5-4-6-8-14/h4-8,11-13,16-17H,9-10H2,1-3H3. The fourth-order valence-electron chi connectivity index (χ4n) is 2.44. The first-order valence-corrected chi connectivity index (χ1v) is 6.98. The highest BCUT2D eigenvalue weighted by atomic mass is 15.3. The van der Waals surface area contributed by atoms with Crippen LogP contribution in [-0.4, -0.2) is 22.9 Å². The highest BCUT2D eigenvalue weighted by Crippen LogP contribution is 2.14. The summed E-state index contributed by atoms with van der Waals surface area (Å²) < 4.78 is 2.03. The molecule has 0 saturated heterocycles. The fraction of sp³-hybridized carbons (Fsp3) is 0.438. The third-order valence-electron chi connectivity index (χ3n) is 3.61. The molecule has 0 bridgehead atoms. The molecule has 3 heteroatoms. The molecule has 0 amide bonds. The SMILES string of the molecule is CNC(CCc1ccnn1-c1ccccc1)C(C)C. The Bertz CT molecular complexity index is 488. The van der Waals surface area contributed by atoms with Crippen molar-refractivity contribution in [3.63, 3.8) is 0 Å². The predicted molar refractivity (Wildman–Crippen MR) is 79.6 cm³/mol. The van der Waals surface area contributed by atoms with Crippen molar-refractivity contribution in [1.82, 2.24) is 15.1 Å². The molecule has 0 aliphatic heterocycles. The van der Waals surface area contributed by atoms with E-state index >= 15 is 0 Å². The van der Waals surface area contributed by atoms with E-state index in [9.17, 15) is 0 Å². The fourth-order valence-corrected chi connectivity index (χ4v) is 2.44. The topological polar surface area (TPSA) is 29.9 Å². The molecule has 1 unspecified atom stereocenters. The van der Waals surface area contributed by atoms with E-state index < -0.39 is 0 Å². The van der Waals surface area contributed by atoms with Gasteiger partial charge in [0.15, 0.2) is 0 Å². The van der Waals surface area contributed by atoms with Crippen LogP contribution in [0.2, 0.25) is 0 Å². The van der Waals surface area contributed by atoms with Crippen LogP contribution in [-0.2, 0) is 6.42 Å². The molecule has 1 heterocycles. The van der Waals surface area contributed by atoms with E-state index in [2.05, 4.69) is 42.5 Å². The summed E-state index contributed by atoms with van der Waals surface area (Å²) >= 11 is 0. The van der Waals surface area contributed by atoms with Crippen LogP contribution in [0.15, 0.2) is 42.6 Å². The first kappa shape index (κ1) is 13.8. The molecule has 1 N–H and O–H groups in total. The maximum absolute atomic E-state index is 4.43. The van der Waals surface area contributed by atoms with E-state index in [1.807, 2.05) is 36.1 Å². The van der Waals surface area contributed by atoms with Gasteiger partial charge in [-0.2, -0.15) is 5.10 Å². The molecule has 3 nitrogen and oxygen atoms in total. The Morgan fingerprint density at radius 3 is 2.53 bits per heavy atom. The van der Waals surface area contributed by atoms with Crippen molar-refractivity contribution in [2.24, 2.45) is 5.92 Å². The van der Waals surface area contributed by atoms with Crippen molar-refractivity contribution >= 4 is 0 Å². The number of para-hydroxylation sites is 1. The Hall–Kier alpha value is -1.61.